The fourth-order valence-corrected chi connectivity index (χ4v) is 3.05. The first-order valence-electron chi connectivity index (χ1n) is 8.36. The summed E-state index contributed by atoms with van der Waals surface area (Å²) in [6.07, 6.45) is 7.79. The zero-order valence-electron chi connectivity index (χ0n) is 14.3. The zero-order valence-corrected chi connectivity index (χ0v) is 14.3. The number of nitrogens with one attached hydrogen (secondary N) is 2. The van der Waals surface area contributed by atoms with Crippen molar-refractivity contribution in [2.75, 3.05) is 12.4 Å². The van der Waals surface area contributed by atoms with Crippen molar-refractivity contribution in [3.8, 4) is 5.75 Å². The number of aromatic nitrogens is 1. The monoisotopic (exact) mass is 342 g/mol. The van der Waals surface area contributed by atoms with E-state index in [2.05, 4.69) is 10.3 Å². The molecule has 4 rings (SSSR count). The van der Waals surface area contributed by atoms with Crippen molar-refractivity contribution in [3.05, 3.63) is 83.2 Å². The molecule has 1 aliphatic rings. The minimum Gasteiger partial charge on any atom is -0.497 e. The molecule has 0 aliphatic carbocycles. The average Bonchev–Trinajstić information content (AvgIpc) is 3.29. The van der Waals surface area contributed by atoms with Gasteiger partial charge < -0.3 is 15.0 Å². The van der Waals surface area contributed by atoms with Crippen molar-refractivity contribution in [1.82, 2.24) is 4.98 Å². The highest BCUT2D eigenvalue weighted by Crippen LogP contribution is 2.36. The van der Waals surface area contributed by atoms with E-state index in [-0.39, 0.29) is 5.91 Å². The summed E-state index contributed by atoms with van der Waals surface area (Å²) >= 11 is 0. The lowest BCUT2D eigenvalue weighted by atomic mass is 9.98. The molecule has 0 unspecified atom stereocenters. The minimum absolute atomic E-state index is 0.0834. The second kappa shape index (κ2) is 6.76. The number of fused-ring (bicyclic) bond motifs is 1. The SMILES string of the molecule is COc1ccc(C=Cc2cccc3c2C(=Cc2ccc[nH]2)C(=O)N3)cc1. The Bertz CT molecular complexity index is 997. The van der Waals surface area contributed by atoms with Gasteiger partial charge in [0.25, 0.3) is 5.91 Å². The molecule has 2 N–H and O–H groups in total. The van der Waals surface area contributed by atoms with E-state index in [1.807, 2.05) is 79.0 Å². The van der Waals surface area contributed by atoms with E-state index in [4.69, 9.17) is 4.74 Å². The second-order valence-electron chi connectivity index (χ2n) is 6.01. The van der Waals surface area contributed by atoms with Gasteiger partial charge in [-0.3, -0.25) is 4.79 Å². The molecule has 0 radical (unpaired) electrons. The summed E-state index contributed by atoms with van der Waals surface area (Å²) in [5.41, 5.74) is 5.39. The van der Waals surface area contributed by atoms with Gasteiger partial charge in [0.05, 0.1) is 12.7 Å². The van der Waals surface area contributed by atoms with Crippen LogP contribution in [0.2, 0.25) is 0 Å². The van der Waals surface area contributed by atoms with Gasteiger partial charge in [-0.25, -0.2) is 0 Å². The molecule has 0 spiro atoms. The molecule has 0 fully saturated rings. The smallest absolute Gasteiger partial charge is 0.256 e. The van der Waals surface area contributed by atoms with Crippen LogP contribution in [-0.4, -0.2) is 18.0 Å². The number of H-pyrrole nitrogens is 1. The summed E-state index contributed by atoms with van der Waals surface area (Å²) in [5.74, 6) is 0.744. The van der Waals surface area contributed by atoms with Crippen LogP contribution < -0.4 is 10.1 Å². The number of amides is 1. The van der Waals surface area contributed by atoms with E-state index >= 15 is 0 Å². The number of benzene rings is 2. The normalized spacial score (nSPS) is 14.7. The Morgan fingerprint density at radius 1 is 0.962 bits per heavy atom. The van der Waals surface area contributed by atoms with Gasteiger partial charge in [-0.15, -0.1) is 0 Å². The van der Waals surface area contributed by atoms with Gasteiger partial charge in [0, 0.05) is 23.1 Å². The van der Waals surface area contributed by atoms with Crippen molar-refractivity contribution in [1.29, 1.82) is 0 Å². The molecule has 1 aliphatic heterocycles. The predicted molar refractivity (Wildman–Crippen MR) is 106 cm³/mol. The maximum atomic E-state index is 12.4. The van der Waals surface area contributed by atoms with E-state index in [1.54, 1.807) is 7.11 Å². The van der Waals surface area contributed by atoms with Gasteiger partial charge in [0.1, 0.15) is 5.75 Å². The highest BCUT2D eigenvalue weighted by Gasteiger charge is 2.26. The third-order valence-electron chi connectivity index (χ3n) is 4.35. The van der Waals surface area contributed by atoms with E-state index < -0.39 is 0 Å². The number of anilines is 1. The fourth-order valence-electron chi connectivity index (χ4n) is 3.05. The Labute approximate surface area is 151 Å². The Hall–Kier alpha value is -3.53. The molecule has 0 saturated carbocycles. The standard InChI is InChI=1S/C22H18N2O2/c1-26-18-11-8-15(9-12-18)7-10-16-4-2-6-20-21(16)19(22(25)24-20)14-17-5-3-13-23-17/h2-14,23H,1H3,(H,24,25). The Kier molecular flexibility index (Phi) is 4.15. The number of rotatable bonds is 4. The van der Waals surface area contributed by atoms with Crippen LogP contribution in [0.5, 0.6) is 5.75 Å². The summed E-state index contributed by atoms with van der Waals surface area (Å²) in [6.45, 7) is 0. The molecule has 4 heteroatoms. The Balaban J connectivity index is 1.72. The summed E-state index contributed by atoms with van der Waals surface area (Å²) in [5, 5.41) is 2.94. The lowest BCUT2D eigenvalue weighted by Crippen LogP contribution is -2.03. The van der Waals surface area contributed by atoms with Crippen LogP contribution in [0.1, 0.15) is 22.4 Å². The lowest BCUT2D eigenvalue weighted by Gasteiger charge is -2.04. The number of methoxy groups -OCH3 is 1. The van der Waals surface area contributed by atoms with Crippen molar-refractivity contribution < 1.29 is 9.53 Å². The summed E-state index contributed by atoms with van der Waals surface area (Å²) in [4.78, 5) is 15.5. The predicted octanol–water partition coefficient (Wildman–Crippen LogP) is 4.69. The van der Waals surface area contributed by atoms with Crippen molar-refractivity contribution in [2.45, 2.75) is 0 Å². The van der Waals surface area contributed by atoms with E-state index in [0.29, 0.717) is 5.57 Å². The van der Waals surface area contributed by atoms with Crippen molar-refractivity contribution >= 4 is 35.4 Å². The molecule has 128 valence electrons. The number of carbonyl (C=O) groups is 1. The molecule has 3 aromatic rings. The Morgan fingerprint density at radius 3 is 2.54 bits per heavy atom. The zero-order chi connectivity index (χ0) is 17.9. The molecule has 4 nitrogen and oxygen atoms in total. The van der Waals surface area contributed by atoms with E-state index in [0.717, 1.165) is 33.8 Å². The topological polar surface area (TPSA) is 54.1 Å². The first kappa shape index (κ1) is 16.0. The second-order valence-corrected chi connectivity index (χ2v) is 6.01. The molecule has 2 heterocycles. The fraction of sp³-hybridized carbons (Fsp3) is 0.0455. The molecule has 1 amide bonds. The van der Waals surface area contributed by atoms with Gasteiger partial charge in [-0.05, 0) is 47.5 Å². The summed E-state index contributed by atoms with van der Waals surface area (Å²) in [6, 6.07) is 17.6. The first-order valence-corrected chi connectivity index (χ1v) is 8.36. The number of aromatic amines is 1. The van der Waals surface area contributed by atoms with Gasteiger partial charge in [-0.2, -0.15) is 0 Å². The number of hydrogen-bond donors (Lipinski definition) is 2. The third kappa shape index (κ3) is 3.05. The van der Waals surface area contributed by atoms with Crippen LogP contribution >= 0.6 is 0 Å². The van der Waals surface area contributed by atoms with Gasteiger partial charge >= 0.3 is 0 Å². The maximum absolute atomic E-state index is 12.4. The largest absolute Gasteiger partial charge is 0.497 e. The van der Waals surface area contributed by atoms with Crippen LogP contribution in [0.4, 0.5) is 5.69 Å². The quantitative estimate of drug-likeness (QED) is 0.534. The van der Waals surface area contributed by atoms with Crippen LogP contribution in [0.25, 0.3) is 23.8 Å². The minimum atomic E-state index is -0.0834. The van der Waals surface area contributed by atoms with Crippen molar-refractivity contribution in [3.63, 3.8) is 0 Å². The van der Waals surface area contributed by atoms with Crippen LogP contribution in [0.3, 0.4) is 0 Å². The Morgan fingerprint density at radius 2 is 1.81 bits per heavy atom. The molecule has 0 atom stereocenters. The lowest BCUT2D eigenvalue weighted by molar-refractivity contribution is -0.110. The molecular weight excluding hydrogens is 324 g/mol. The first-order chi connectivity index (χ1) is 12.7. The van der Waals surface area contributed by atoms with Crippen LogP contribution in [0, 0.1) is 0 Å². The van der Waals surface area contributed by atoms with Crippen LogP contribution in [-0.2, 0) is 4.79 Å². The number of carbonyl (C=O) groups excluding carboxylic acids is 1. The third-order valence-corrected chi connectivity index (χ3v) is 4.35. The number of hydrogen-bond acceptors (Lipinski definition) is 2. The maximum Gasteiger partial charge on any atom is 0.256 e. The molecular formula is C22H18N2O2. The molecule has 26 heavy (non-hydrogen) atoms. The van der Waals surface area contributed by atoms with E-state index in [1.165, 1.54) is 0 Å². The average molecular weight is 342 g/mol. The summed E-state index contributed by atoms with van der Waals surface area (Å²) in [7, 11) is 1.65. The van der Waals surface area contributed by atoms with Gasteiger partial charge in [0.15, 0.2) is 0 Å². The summed E-state index contributed by atoms with van der Waals surface area (Å²) < 4.78 is 5.19. The van der Waals surface area contributed by atoms with E-state index in [9.17, 15) is 4.79 Å². The van der Waals surface area contributed by atoms with Gasteiger partial charge in [0.2, 0.25) is 0 Å². The number of ether oxygens (including phenoxy) is 1. The molecule has 0 saturated heterocycles. The highest BCUT2D eigenvalue weighted by molar-refractivity contribution is 6.35. The molecule has 1 aromatic heterocycles. The van der Waals surface area contributed by atoms with Crippen molar-refractivity contribution in [2.24, 2.45) is 0 Å². The van der Waals surface area contributed by atoms with Gasteiger partial charge in [-0.1, -0.05) is 36.4 Å². The van der Waals surface area contributed by atoms with Crippen LogP contribution in [0.15, 0.2) is 60.8 Å². The molecule has 0 bridgehead atoms. The highest BCUT2D eigenvalue weighted by atomic mass is 16.5. The molecule has 2 aromatic carbocycles.